The summed E-state index contributed by atoms with van der Waals surface area (Å²) in [6, 6.07) is 24.6. The third kappa shape index (κ3) is 5.26. The van der Waals surface area contributed by atoms with Crippen LogP contribution < -0.4 is 9.46 Å². The van der Waals surface area contributed by atoms with E-state index in [2.05, 4.69) is 16.8 Å². The van der Waals surface area contributed by atoms with E-state index in [-0.39, 0.29) is 17.4 Å². The molecule has 3 aromatic carbocycles. The van der Waals surface area contributed by atoms with Crippen molar-refractivity contribution >= 4 is 26.8 Å². The van der Waals surface area contributed by atoms with Crippen LogP contribution in [-0.4, -0.2) is 18.6 Å². The molecule has 194 valence electrons. The van der Waals surface area contributed by atoms with Gasteiger partial charge >= 0.3 is 0 Å². The molecule has 0 atom stereocenters. The number of hydrogen-bond donors (Lipinski definition) is 1. The van der Waals surface area contributed by atoms with Crippen LogP contribution in [0, 0.1) is 13.8 Å². The smallest absolute Gasteiger partial charge is 0.264 e. The molecule has 0 radical (unpaired) electrons. The van der Waals surface area contributed by atoms with Crippen LogP contribution >= 0.6 is 0 Å². The summed E-state index contributed by atoms with van der Waals surface area (Å²) in [5.74, 6) is 0.830. The van der Waals surface area contributed by atoms with Crippen molar-refractivity contribution in [2.24, 2.45) is 0 Å². The van der Waals surface area contributed by atoms with E-state index in [0.29, 0.717) is 22.4 Å². The lowest BCUT2D eigenvalue weighted by molar-refractivity contribution is 0.309. The van der Waals surface area contributed by atoms with Crippen molar-refractivity contribution in [3.8, 4) is 16.9 Å². The van der Waals surface area contributed by atoms with Gasteiger partial charge in [0.25, 0.3) is 10.0 Å². The molecule has 7 nitrogen and oxygen atoms in total. The maximum atomic E-state index is 13.6. The van der Waals surface area contributed by atoms with Crippen LogP contribution in [0.1, 0.15) is 35.9 Å². The Bertz CT molecular complexity index is 1700. The first-order chi connectivity index (χ1) is 18.4. The molecular weight excluding hydrogens is 498 g/mol. The summed E-state index contributed by atoms with van der Waals surface area (Å²) < 4.78 is 41.3. The number of sulfonamides is 1. The zero-order valence-corrected chi connectivity index (χ0v) is 22.4. The number of fused-ring (bicyclic) bond motifs is 1. The second-order valence-corrected chi connectivity index (χ2v) is 10.8. The van der Waals surface area contributed by atoms with E-state index in [9.17, 15) is 8.42 Å². The molecular formula is C30H29N3O4S. The third-order valence-corrected chi connectivity index (χ3v) is 7.81. The Morgan fingerprint density at radius 2 is 1.71 bits per heavy atom. The predicted molar refractivity (Wildman–Crippen MR) is 149 cm³/mol. The van der Waals surface area contributed by atoms with Gasteiger partial charge in [-0.2, -0.15) is 0 Å². The van der Waals surface area contributed by atoms with Crippen molar-refractivity contribution in [1.29, 1.82) is 0 Å². The number of aromatic nitrogens is 2. The lowest BCUT2D eigenvalue weighted by Crippen LogP contribution is -2.15. The van der Waals surface area contributed by atoms with E-state index >= 15 is 0 Å². The van der Waals surface area contributed by atoms with Gasteiger partial charge in [-0.3, -0.25) is 4.98 Å². The van der Waals surface area contributed by atoms with Gasteiger partial charge in [-0.05, 0) is 49.6 Å². The topological polar surface area (TPSA) is 94.3 Å². The van der Waals surface area contributed by atoms with Crippen LogP contribution in [0.15, 0.2) is 88.3 Å². The van der Waals surface area contributed by atoms with Gasteiger partial charge in [0, 0.05) is 28.3 Å². The average molecular weight is 528 g/mol. The van der Waals surface area contributed by atoms with Crippen LogP contribution in [-0.2, 0) is 23.1 Å². The van der Waals surface area contributed by atoms with Gasteiger partial charge in [-0.1, -0.05) is 73.1 Å². The lowest BCUT2D eigenvalue weighted by atomic mass is 10.0. The maximum Gasteiger partial charge on any atom is 0.264 e. The molecule has 5 rings (SSSR count). The highest BCUT2D eigenvalue weighted by molar-refractivity contribution is 7.92. The van der Waals surface area contributed by atoms with Gasteiger partial charge in [-0.25, -0.2) is 13.1 Å². The highest BCUT2D eigenvalue weighted by atomic mass is 32.2. The van der Waals surface area contributed by atoms with Gasteiger partial charge < -0.3 is 9.26 Å². The molecule has 1 N–H and O–H groups in total. The molecule has 38 heavy (non-hydrogen) atoms. The van der Waals surface area contributed by atoms with E-state index in [1.165, 1.54) is 0 Å². The predicted octanol–water partition coefficient (Wildman–Crippen LogP) is 6.84. The van der Waals surface area contributed by atoms with E-state index in [4.69, 9.17) is 14.2 Å². The van der Waals surface area contributed by atoms with Crippen molar-refractivity contribution in [1.82, 2.24) is 10.1 Å². The monoisotopic (exact) mass is 527 g/mol. The van der Waals surface area contributed by atoms with E-state index < -0.39 is 10.0 Å². The lowest BCUT2D eigenvalue weighted by Gasteiger charge is -2.15. The van der Waals surface area contributed by atoms with E-state index in [0.717, 1.165) is 40.8 Å². The van der Waals surface area contributed by atoms with Crippen LogP contribution in [0.25, 0.3) is 22.0 Å². The summed E-state index contributed by atoms with van der Waals surface area (Å²) in [6.07, 6.45) is 1.83. The minimum atomic E-state index is -4.00. The Kier molecular flexibility index (Phi) is 7.15. The number of hydrogen-bond acceptors (Lipinski definition) is 6. The van der Waals surface area contributed by atoms with Crippen LogP contribution in [0.2, 0.25) is 0 Å². The molecule has 0 unspecified atom stereocenters. The number of para-hydroxylation sites is 1. The Labute approximate surface area is 222 Å². The summed E-state index contributed by atoms with van der Waals surface area (Å²) in [5, 5.41) is 4.79. The SMILES string of the molecule is CCCc1cc(OCc2ccc(-c3ccccc3)c(S(=O)(=O)Nc3onc(C)c3C)c2)c2ccccc2n1. The minimum absolute atomic E-state index is 0.106. The summed E-state index contributed by atoms with van der Waals surface area (Å²) in [6.45, 7) is 5.83. The molecule has 0 aliphatic heterocycles. The van der Waals surface area contributed by atoms with Crippen LogP contribution in [0.5, 0.6) is 5.75 Å². The fraction of sp³-hybridized carbons (Fsp3) is 0.200. The first-order valence-corrected chi connectivity index (χ1v) is 14.0. The Morgan fingerprint density at radius 3 is 2.45 bits per heavy atom. The summed E-state index contributed by atoms with van der Waals surface area (Å²) in [5.41, 5.74) is 5.18. The standard InChI is InChI=1S/C30H29N3O4S/c1-4-10-24-18-28(26-13-8-9-14-27(26)31-24)36-19-22-15-16-25(23-11-6-5-7-12-23)29(17-22)38(34,35)33-30-20(2)21(3)32-37-30/h5-9,11-18,33H,4,10,19H2,1-3H3. The first kappa shape index (κ1) is 25.5. The highest BCUT2D eigenvalue weighted by Gasteiger charge is 2.24. The van der Waals surface area contributed by atoms with Gasteiger partial charge in [0.05, 0.1) is 16.1 Å². The quantitative estimate of drug-likeness (QED) is 0.226. The first-order valence-electron chi connectivity index (χ1n) is 12.5. The molecule has 8 heteroatoms. The van der Waals surface area contributed by atoms with Crippen molar-refractivity contribution in [2.75, 3.05) is 4.72 Å². The van der Waals surface area contributed by atoms with Gasteiger partial charge in [-0.15, -0.1) is 0 Å². The van der Waals surface area contributed by atoms with E-state index in [1.807, 2.05) is 72.8 Å². The number of anilines is 1. The number of nitrogens with zero attached hydrogens (tertiary/aromatic N) is 2. The highest BCUT2D eigenvalue weighted by Crippen LogP contribution is 2.32. The zero-order chi connectivity index (χ0) is 26.7. The van der Waals surface area contributed by atoms with Gasteiger partial charge in [0.15, 0.2) is 0 Å². The molecule has 0 spiro atoms. The third-order valence-electron chi connectivity index (χ3n) is 6.44. The summed E-state index contributed by atoms with van der Waals surface area (Å²) in [4.78, 5) is 4.87. The molecule has 0 saturated heterocycles. The van der Waals surface area contributed by atoms with Crippen LogP contribution in [0.3, 0.4) is 0 Å². The molecule has 0 fully saturated rings. The van der Waals surface area contributed by atoms with Gasteiger partial charge in [0.1, 0.15) is 12.4 Å². The molecule has 0 aliphatic rings. The number of benzene rings is 3. The van der Waals surface area contributed by atoms with Crippen molar-refractivity contribution in [3.63, 3.8) is 0 Å². The number of rotatable bonds is 9. The average Bonchev–Trinajstić information content (AvgIpc) is 3.24. The fourth-order valence-corrected chi connectivity index (χ4v) is 5.61. The van der Waals surface area contributed by atoms with E-state index in [1.54, 1.807) is 19.9 Å². The van der Waals surface area contributed by atoms with Crippen molar-refractivity contribution in [3.05, 3.63) is 101 Å². The Hall–Kier alpha value is -4.17. The maximum absolute atomic E-state index is 13.6. The fourth-order valence-electron chi connectivity index (χ4n) is 4.28. The normalized spacial score (nSPS) is 11.6. The minimum Gasteiger partial charge on any atom is -0.488 e. The Morgan fingerprint density at radius 1 is 0.947 bits per heavy atom. The van der Waals surface area contributed by atoms with Gasteiger partial charge in [0.2, 0.25) is 5.88 Å². The molecule has 0 amide bonds. The number of pyridine rings is 1. The van der Waals surface area contributed by atoms with Crippen molar-refractivity contribution in [2.45, 2.75) is 45.1 Å². The largest absolute Gasteiger partial charge is 0.488 e. The Balaban J connectivity index is 1.52. The van der Waals surface area contributed by atoms with Crippen LogP contribution in [0.4, 0.5) is 5.88 Å². The molecule has 0 saturated carbocycles. The molecule has 0 aliphatic carbocycles. The summed E-state index contributed by atoms with van der Waals surface area (Å²) >= 11 is 0. The molecule has 5 aromatic rings. The number of nitrogens with one attached hydrogen (secondary N) is 1. The summed E-state index contributed by atoms with van der Waals surface area (Å²) in [7, 11) is -4.00. The number of aryl methyl sites for hydroxylation is 2. The second-order valence-electron chi connectivity index (χ2n) is 9.19. The molecule has 0 bridgehead atoms. The number of ether oxygens (including phenoxy) is 1. The zero-order valence-electron chi connectivity index (χ0n) is 21.6. The second kappa shape index (κ2) is 10.7. The molecule has 2 aromatic heterocycles. The van der Waals surface area contributed by atoms with Crippen molar-refractivity contribution < 1.29 is 17.7 Å². The molecule has 2 heterocycles.